The van der Waals surface area contributed by atoms with Crippen molar-refractivity contribution < 1.29 is 19.4 Å². The molecule has 0 spiro atoms. The van der Waals surface area contributed by atoms with Crippen LogP contribution in [-0.4, -0.2) is 23.5 Å². The Labute approximate surface area is 124 Å². The molecule has 2 unspecified atom stereocenters. The van der Waals surface area contributed by atoms with Crippen molar-refractivity contribution in [2.45, 2.75) is 38.5 Å². The summed E-state index contributed by atoms with van der Waals surface area (Å²) >= 11 is 0. The Balaban J connectivity index is 1.91. The fourth-order valence-electron chi connectivity index (χ4n) is 3.46. The molecular weight excluding hydrogens is 268 g/mol. The van der Waals surface area contributed by atoms with Crippen LogP contribution in [-0.2, 0) is 10.2 Å². The predicted octanol–water partition coefficient (Wildman–Crippen LogP) is 3.04. The summed E-state index contributed by atoms with van der Waals surface area (Å²) in [4.78, 5) is 23.9. The lowest BCUT2D eigenvalue weighted by Gasteiger charge is -2.18. The van der Waals surface area contributed by atoms with Crippen LogP contribution in [0.15, 0.2) is 18.2 Å². The Morgan fingerprint density at radius 3 is 2.67 bits per heavy atom. The second kappa shape index (κ2) is 4.86. The number of rotatable bonds is 3. The van der Waals surface area contributed by atoms with Gasteiger partial charge in [-0.1, -0.05) is 20.3 Å². The zero-order chi connectivity index (χ0) is 15.2. The topological polar surface area (TPSA) is 63.6 Å². The van der Waals surface area contributed by atoms with Crippen LogP contribution < -0.4 is 4.74 Å². The van der Waals surface area contributed by atoms with Crippen molar-refractivity contribution in [2.24, 2.45) is 11.8 Å². The lowest BCUT2D eigenvalue weighted by molar-refractivity contribution is -0.142. The second-order valence-electron chi connectivity index (χ2n) is 6.73. The minimum atomic E-state index is -0.851. The van der Waals surface area contributed by atoms with Gasteiger partial charge in [-0.2, -0.15) is 0 Å². The predicted molar refractivity (Wildman–Crippen MR) is 77.8 cm³/mol. The Morgan fingerprint density at radius 1 is 1.24 bits per heavy atom. The molecule has 0 radical (unpaired) electrons. The first-order valence-corrected chi connectivity index (χ1v) is 7.44. The van der Waals surface area contributed by atoms with E-state index in [0.717, 1.165) is 17.7 Å². The lowest BCUT2D eigenvalue weighted by atomic mass is 9.83. The Bertz CT molecular complexity index is 603. The summed E-state index contributed by atoms with van der Waals surface area (Å²) in [6.07, 6.45) is 2.09. The first-order valence-electron chi connectivity index (χ1n) is 7.44. The Kier molecular flexibility index (Phi) is 3.27. The van der Waals surface area contributed by atoms with Gasteiger partial charge in [-0.25, -0.2) is 0 Å². The number of hydrogen-bond donors (Lipinski definition) is 1. The van der Waals surface area contributed by atoms with Gasteiger partial charge in [-0.15, -0.1) is 0 Å². The highest BCUT2D eigenvalue weighted by Crippen LogP contribution is 2.40. The monoisotopic (exact) mass is 288 g/mol. The van der Waals surface area contributed by atoms with Crippen LogP contribution in [0, 0.1) is 11.8 Å². The molecule has 1 aromatic rings. The summed E-state index contributed by atoms with van der Waals surface area (Å²) in [6, 6.07) is 5.49. The first kappa shape index (κ1) is 14.1. The van der Waals surface area contributed by atoms with E-state index in [4.69, 9.17) is 4.74 Å². The molecule has 4 heteroatoms. The fourth-order valence-corrected chi connectivity index (χ4v) is 3.46. The number of carboxylic acids is 1. The van der Waals surface area contributed by atoms with Gasteiger partial charge < -0.3 is 9.84 Å². The van der Waals surface area contributed by atoms with E-state index >= 15 is 0 Å². The molecule has 2 aliphatic rings. The van der Waals surface area contributed by atoms with Crippen LogP contribution in [0.4, 0.5) is 0 Å². The van der Waals surface area contributed by atoms with Crippen molar-refractivity contribution in [3.05, 3.63) is 29.3 Å². The number of fused-ring (bicyclic) bond motifs is 1. The zero-order valence-electron chi connectivity index (χ0n) is 12.4. The van der Waals surface area contributed by atoms with Gasteiger partial charge in [0.25, 0.3) is 0 Å². The van der Waals surface area contributed by atoms with Crippen LogP contribution in [0.25, 0.3) is 0 Å². The third-order valence-corrected chi connectivity index (χ3v) is 4.75. The fraction of sp³-hybridized carbons (Fsp3) is 0.529. The van der Waals surface area contributed by atoms with E-state index in [-0.39, 0.29) is 17.1 Å². The minimum Gasteiger partial charge on any atom is -0.492 e. The maximum Gasteiger partial charge on any atom is 0.307 e. The molecule has 1 saturated carbocycles. The molecule has 0 bridgehead atoms. The summed E-state index contributed by atoms with van der Waals surface area (Å²) in [6.45, 7) is 4.78. The summed E-state index contributed by atoms with van der Waals surface area (Å²) < 4.78 is 5.63. The van der Waals surface area contributed by atoms with Gasteiger partial charge in [0.1, 0.15) is 5.75 Å². The molecule has 112 valence electrons. The second-order valence-corrected chi connectivity index (χ2v) is 6.73. The third-order valence-electron chi connectivity index (χ3n) is 4.75. The van der Waals surface area contributed by atoms with E-state index in [0.29, 0.717) is 25.0 Å². The third kappa shape index (κ3) is 2.33. The van der Waals surface area contributed by atoms with Gasteiger partial charge in [0, 0.05) is 22.5 Å². The Hall–Kier alpha value is -1.84. The van der Waals surface area contributed by atoms with E-state index in [1.807, 2.05) is 12.1 Å². The molecule has 1 heterocycles. The highest BCUT2D eigenvalue weighted by Gasteiger charge is 2.39. The average molecular weight is 288 g/mol. The average Bonchev–Trinajstić information content (AvgIpc) is 3.03. The number of carbonyl (C=O) groups excluding carboxylic acids is 1. The van der Waals surface area contributed by atoms with Crippen molar-refractivity contribution in [1.29, 1.82) is 0 Å². The molecule has 1 fully saturated rings. The molecule has 0 amide bonds. The quantitative estimate of drug-likeness (QED) is 0.868. The van der Waals surface area contributed by atoms with Crippen molar-refractivity contribution >= 4 is 11.8 Å². The molecular formula is C17H20O4. The number of aliphatic carboxylic acids is 1. The molecule has 1 N–H and O–H groups in total. The Morgan fingerprint density at radius 2 is 1.95 bits per heavy atom. The molecule has 1 aliphatic heterocycles. The van der Waals surface area contributed by atoms with Gasteiger partial charge in [-0.05, 0) is 31.0 Å². The zero-order valence-corrected chi connectivity index (χ0v) is 12.4. The van der Waals surface area contributed by atoms with Gasteiger partial charge in [-0.3, -0.25) is 9.59 Å². The highest BCUT2D eigenvalue weighted by molar-refractivity contribution is 6.00. The first-order chi connectivity index (χ1) is 9.90. The van der Waals surface area contributed by atoms with Gasteiger partial charge >= 0.3 is 5.97 Å². The van der Waals surface area contributed by atoms with E-state index in [9.17, 15) is 14.7 Å². The van der Waals surface area contributed by atoms with Crippen LogP contribution in [0.5, 0.6) is 5.75 Å². The SMILES string of the molecule is CC1(C)COc2ccc(C(=O)C3CCCC3C(=O)O)cc21. The number of benzene rings is 1. The number of ether oxygens (including phenoxy) is 1. The summed E-state index contributed by atoms with van der Waals surface area (Å²) in [7, 11) is 0. The molecule has 2 atom stereocenters. The van der Waals surface area contributed by atoms with E-state index in [1.54, 1.807) is 6.07 Å². The van der Waals surface area contributed by atoms with Crippen LogP contribution in [0.2, 0.25) is 0 Å². The summed E-state index contributed by atoms with van der Waals surface area (Å²) in [5.41, 5.74) is 1.55. The molecule has 0 aromatic heterocycles. The van der Waals surface area contributed by atoms with E-state index < -0.39 is 11.9 Å². The van der Waals surface area contributed by atoms with Crippen LogP contribution in [0.3, 0.4) is 0 Å². The van der Waals surface area contributed by atoms with Crippen molar-refractivity contribution in [1.82, 2.24) is 0 Å². The van der Waals surface area contributed by atoms with Gasteiger partial charge in [0.2, 0.25) is 0 Å². The number of hydrogen-bond acceptors (Lipinski definition) is 3. The molecule has 1 aromatic carbocycles. The van der Waals surface area contributed by atoms with Crippen molar-refractivity contribution in [3.63, 3.8) is 0 Å². The number of carbonyl (C=O) groups is 2. The number of carboxylic acid groups (broad SMARTS) is 1. The maximum absolute atomic E-state index is 12.7. The van der Waals surface area contributed by atoms with Crippen LogP contribution >= 0.6 is 0 Å². The highest BCUT2D eigenvalue weighted by atomic mass is 16.5. The molecule has 4 nitrogen and oxygen atoms in total. The van der Waals surface area contributed by atoms with Gasteiger partial charge in [0.15, 0.2) is 5.78 Å². The normalized spacial score (nSPS) is 26.2. The van der Waals surface area contributed by atoms with Gasteiger partial charge in [0.05, 0.1) is 12.5 Å². The standard InChI is InChI=1S/C17H20O4/c1-17(2)9-21-14-7-6-10(8-13(14)17)15(18)11-4-3-5-12(11)16(19)20/h6-8,11-12H,3-5,9H2,1-2H3,(H,19,20). The van der Waals surface area contributed by atoms with Crippen molar-refractivity contribution in [3.8, 4) is 5.75 Å². The molecule has 0 saturated heterocycles. The maximum atomic E-state index is 12.7. The number of ketones is 1. The number of Topliss-reactive ketones (excluding diaryl/α,β-unsaturated/α-hetero) is 1. The van der Waals surface area contributed by atoms with E-state index in [1.165, 1.54) is 0 Å². The van der Waals surface area contributed by atoms with Crippen molar-refractivity contribution in [2.75, 3.05) is 6.61 Å². The summed E-state index contributed by atoms with van der Waals surface area (Å²) in [5, 5.41) is 9.25. The molecule has 21 heavy (non-hydrogen) atoms. The minimum absolute atomic E-state index is 0.0367. The van der Waals surface area contributed by atoms with Crippen LogP contribution in [0.1, 0.15) is 49.0 Å². The largest absolute Gasteiger partial charge is 0.492 e. The summed E-state index contributed by atoms with van der Waals surface area (Å²) in [5.74, 6) is -0.972. The lowest BCUT2D eigenvalue weighted by Crippen LogP contribution is -2.25. The smallest absolute Gasteiger partial charge is 0.307 e. The van der Waals surface area contributed by atoms with E-state index in [2.05, 4.69) is 13.8 Å². The molecule has 1 aliphatic carbocycles. The molecule has 3 rings (SSSR count).